The van der Waals surface area contributed by atoms with Crippen molar-refractivity contribution in [3.05, 3.63) is 76.2 Å². The van der Waals surface area contributed by atoms with Gasteiger partial charge in [0.1, 0.15) is 35.6 Å². The lowest BCUT2D eigenvalue weighted by atomic mass is 10.3. The summed E-state index contributed by atoms with van der Waals surface area (Å²) in [6, 6.07) is 10.2. The zero-order valence-electron chi connectivity index (χ0n) is 17.7. The number of halogens is 2. The van der Waals surface area contributed by atoms with Crippen molar-refractivity contribution in [3.63, 3.8) is 0 Å². The Balaban J connectivity index is 1.38. The first-order chi connectivity index (χ1) is 15.7. The Hall–Kier alpha value is -2.89. The summed E-state index contributed by atoms with van der Waals surface area (Å²) in [5.41, 5.74) is 0.571. The van der Waals surface area contributed by atoms with E-state index in [2.05, 4.69) is 4.98 Å². The summed E-state index contributed by atoms with van der Waals surface area (Å²) in [5.74, 6) is -0.820. The molecular weight excluding hydrogens is 474 g/mol. The number of thiazole rings is 1. The molecule has 0 aliphatic rings. The molecule has 3 aromatic rings. The average Bonchev–Trinajstić information content (AvgIpc) is 3.25. The lowest BCUT2D eigenvalue weighted by Crippen LogP contribution is -2.28. The van der Waals surface area contributed by atoms with Crippen LogP contribution in [0.3, 0.4) is 0 Å². The number of carbonyl (C=O) groups is 1. The minimum atomic E-state index is -3.76. The number of nitrogens with zero attached hydrogens (tertiary/aromatic N) is 2. The molecule has 0 saturated heterocycles. The number of rotatable bonds is 11. The first kappa shape index (κ1) is 24.7. The first-order valence-corrected chi connectivity index (χ1v) is 12.2. The van der Waals surface area contributed by atoms with E-state index in [1.807, 2.05) is 0 Å². The highest BCUT2D eigenvalue weighted by Crippen LogP contribution is 2.17. The quantitative estimate of drug-likeness (QED) is 0.371. The fourth-order valence-electron chi connectivity index (χ4n) is 2.74. The molecular formula is C22H22F2N2O5S2. The molecule has 0 N–H and O–H groups in total. The predicted octanol–water partition coefficient (Wildman–Crippen LogP) is 4.14. The third-order valence-corrected chi connectivity index (χ3v) is 7.27. The number of aromatic nitrogens is 1. The molecule has 0 aliphatic carbocycles. The van der Waals surface area contributed by atoms with E-state index in [1.165, 1.54) is 54.8 Å². The first-order valence-electron chi connectivity index (χ1n) is 9.93. The Kier molecular flexibility index (Phi) is 8.48. The molecule has 1 aromatic heterocycles. The molecule has 3 rings (SSSR count). The van der Waals surface area contributed by atoms with Crippen molar-refractivity contribution in [2.24, 2.45) is 0 Å². The Morgan fingerprint density at radius 2 is 1.67 bits per heavy atom. The standard InChI is InChI=1S/C22H22F2N2O5S2/c1-26(33(28,29)20-10-6-17(24)7-11-20)12-2-3-22(27)31-13-18-15-32-21(25-18)14-30-19-8-4-16(23)5-9-19/h4-11,15H,2-3,12-14H2,1H3. The monoisotopic (exact) mass is 496 g/mol. The maximum absolute atomic E-state index is 13.0. The summed E-state index contributed by atoms with van der Waals surface area (Å²) < 4.78 is 62.6. The third-order valence-electron chi connectivity index (χ3n) is 4.53. The highest BCUT2D eigenvalue weighted by atomic mass is 32.2. The smallest absolute Gasteiger partial charge is 0.306 e. The topological polar surface area (TPSA) is 85.8 Å². The molecule has 0 amide bonds. The van der Waals surface area contributed by atoms with Crippen LogP contribution in [0, 0.1) is 11.6 Å². The second-order valence-electron chi connectivity index (χ2n) is 7.02. The van der Waals surface area contributed by atoms with Crippen LogP contribution < -0.4 is 4.74 Å². The van der Waals surface area contributed by atoms with Gasteiger partial charge in [-0.2, -0.15) is 0 Å². The molecule has 11 heteroatoms. The maximum atomic E-state index is 13.0. The summed E-state index contributed by atoms with van der Waals surface area (Å²) in [5, 5.41) is 2.43. The molecule has 1 heterocycles. The van der Waals surface area contributed by atoms with Gasteiger partial charge in [0.25, 0.3) is 0 Å². The van der Waals surface area contributed by atoms with E-state index in [1.54, 1.807) is 5.38 Å². The highest BCUT2D eigenvalue weighted by molar-refractivity contribution is 7.89. The predicted molar refractivity (Wildman–Crippen MR) is 118 cm³/mol. The van der Waals surface area contributed by atoms with Gasteiger partial charge in [0.05, 0.1) is 10.6 Å². The van der Waals surface area contributed by atoms with E-state index in [0.29, 0.717) is 16.5 Å². The van der Waals surface area contributed by atoms with E-state index < -0.39 is 21.8 Å². The van der Waals surface area contributed by atoms with Crippen LogP contribution in [0.2, 0.25) is 0 Å². The lowest BCUT2D eigenvalue weighted by Gasteiger charge is -2.16. The van der Waals surface area contributed by atoms with Crippen molar-refractivity contribution in [1.29, 1.82) is 0 Å². The average molecular weight is 497 g/mol. The Morgan fingerprint density at radius 1 is 1.03 bits per heavy atom. The minimum Gasteiger partial charge on any atom is -0.486 e. The summed E-state index contributed by atoms with van der Waals surface area (Å²) in [4.78, 5) is 16.3. The van der Waals surface area contributed by atoms with E-state index in [0.717, 1.165) is 16.4 Å². The third kappa shape index (κ3) is 7.31. The summed E-state index contributed by atoms with van der Waals surface area (Å²) in [6.45, 7) is 0.311. The van der Waals surface area contributed by atoms with Crippen LogP contribution in [0.1, 0.15) is 23.5 Å². The van der Waals surface area contributed by atoms with E-state index in [-0.39, 0.29) is 43.3 Å². The van der Waals surface area contributed by atoms with Crippen molar-refractivity contribution in [2.45, 2.75) is 31.0 Å². The summed E-state index contributed by atoms with van der Waals surface area (Å²) >= 11 is 1.35. The molecule has 33 heavy (non-hydrogen) atoms. The van der Waals surface area contributed by atoms with Crippen molar-refractivity contribution < 1.29 is 31.5 Å². The van der Waals surface area contributed by atoms with Gasteiger partial charge in [0, 0.05) is 25.4 Å². The van der Waals surface area contributed by atoms with Gasteiger partial charge in [-0.1, -0.05) is 0 Å². The largest absolute Gasteiger partial charge is 0.486 e. The van der Waals surface area contributed by atoms with Gasteiger partial charge < -0.3 is 9.47 Å². The molecule has 176 valence electrons. The van der Waals surface area contributed by atoms with Gasteiger partial charge in [-0.25, -0.2) is 26.5 Å². The zero-order chi connectivity index (χ0) is 23.8. The normalized spacial score (nSPS) is 11.5. The van der Waals surface area contributed by atoms with Crippen LogP contribution in [0.25, 0.3) is 0 Å². The van der Waals surface area contributed by atoms with Crippen LogP contribution in [0.5, 0.6) is 5.75 Å². The fraction of sp³-hybridized carbons (Fsp3) is 0.273. The second-order valence-corrected chi connectivity index (χ2v) is 10.0. The molecule has 0 aliphatic heterocycles. The molecule has 0 saturated carbocycles. The Bertz CT molecular complexity index is 1170. The van der Waals surface area contributed by atoms with Gasteiger partial charge in [0.15, 0.2) is 0 Å². The van der Waals surface area contributed by atoms with Crippen LogP contribution in [0.4, 0.5) is 8.78 Å². The molecule has 0 fully saturated rings. The lowest BCUT2D eigenvalue weighted by molar-refractivity contribution is -0.145. The van der Waals surface area contributed by atoms with Crippen LogP contribution >= 0.6 is 11.3 Å². The number of ether oxygens (including phenoxy) is 2. The van der Waals surface area contributed by atoms with Gasteiger partial charge in [-0.05, 0) is 55.0 Å². The van der Waals surface area contributed by atoms with Crippen LogP contribution in [-0.2, 0) is 32.8 Å². The second kappa shape index (κ2) is 11.3. The molecule has 0 bridgehead atoms. The minimum absolute atomic E-state index is 0.00437. The van der Waals surface area contributed by atoms with E-state index >= 15 is 0 Å². The zero-order valence-corrected chi connectivity index (χ0v) is 19.4. The van der Waals surface area contributed by atoms with Crippen molar-refractivity contribution in [3.8, 4) is 5.75 Å². The van der Waals surface area contributed by atoms with Crippen molar-refractivity contribution >= 4 is 27.3 Å². The van der Waals surface area contributed by atoms with Crippen molar-refractivity contribution in [1.82, 2.24) is 9.29 Å². The van der Waals surface area contributed by atoms with Gasteiger partial charge in [0.2, 0.25) is 10.0 Å². The van der Waals surface area contributed by atoms with Crippen LogP contribution in [-0.4, -0.2) is 37.3 Å². The molecule has 7 nitrogen and oxygen atoms in total. The van der Waals surface area contributed by atoms with E-state index in [9.17, 15) is 22.0 Å². The molecule has 0 unspecified atom stereocenters. The van der Waals surface area contributed by atoms with E-state index in [4.69, 9.17) is 9.47 Å². The van der Waals surface area contributed by atoms with Gasteiger partial charge in [-0.3, -0.25) is 4.79 Å². The number of hydrogen-bond acceptors (Lipinski definition) is 7. The maximum Gasteiger partial charge on any atom is 0.306 e. The number of benzene rings is 2. The Morgan fingerprint density at radius 3 is 2.33 bits per heavy atom. The number of sulfonamides is 1. The highest BCUT2D eigenvalue weighted by Gasteiger charge is 2.20. The van der Waals surface area contributed by atoms with Crippen LogP contribution in [0.15, 0.2) is 58.8 Å². The molecule has 0 spiro atoms. The number of carbonyl (C=O) groups excluding carboxylic acids is 1. The molecule has 0 atom stereocenters. The van der Waals surface area contributed by atoms with Gasteiger partial charge in [-0.15, -0.1) is 11.3 Å². The van der Waals surface area contributed by atoms with Gasteiger partial charge >= 0.3 is 5.97 Å². The number of esters is 1. The SMILES string of the molecule is CN(CCCC(=O)OCc1csc(COc2ccc(F)cc2)n1)S(=O)(=O)c1ccc(F)cc1. The summed E-state index contributed by atoms with van der Waals surface area (Å²) in [7, 11) is -2.36. The molecule has 2 aromatic carbocycles. The summed E-state index contributed by atoms with van der Waals surface area (Å²) in [6.07, 6.45) is 0.303. The fourth-order valence-corrected chi connectivity index (χ4v) is 4.64. The Labute approximate surface area is 194 Å². The van der Waals surface area contributed by atoms with Crippen molar-refractivity contribution in [2.75, 3.05) is 13.6 Å². The number of hydrogen-bond donors (Lipinski definition) is 0. The molecule has 0 radical (unpaired) electrons.